The first-order valence-electron chi connectivity index (χ1n) is 3.44. The number of hydroxylamine groups is 1. The Balaban J connectivity index is 2.23. The number of hydrogen-bond donors (Lipinski definition) is 1. The lowest BCUT2D eigenvalue weighted by atomic mass is 9.96. The van der Waals surface area contributed by atoms with Gasteiger partial charge in [-0.05, 0) is 12.8 Å². The van der Waals surface area contributed by atoms with Gasteiger partial charge in [-0.3, -0.25) is 0 Å². The van der Waals surface area contributed by atoms with Gasteiger partial charge in [0.05, 0.1) is 0 Å². The third kappa shape index (κ3) is 2.24. The van der Waals surface area contributed by atoms with Crippen molar-refractivity contribution in [3.05, 3.63) is 0 Å². The molecular formula is C6H12BrNO. The van der Waals surface area contributed by atoms with E-state index in [2.05, 4.69) is 16.1 Å². The zero-order chi connectivity index (χ0) is 6.69. The Bertz CT molecular complexity index is 81.1. The van der Waals surface area contributed by atoms with Gasteiger partial charge in [-0.2, -0.15) is 0 Å². The van der Waals surface area contributed by atoms with Gasteiger partial charge in [0.25, 0.3) is 0 Å². The second-order valence-corrected chi connectivity index (χ2v) is 3.31. The molecule has 54 valence electrons. The lowest BCUT2D eigenvalue weighted by molar-refractivity contribution is -0.0255. The fourth-order valence-corrected chi connectivity index (χ4v) is 1.70. The third-order valence-corrected chi connectivity index (χ3v) is 2.46. The smallest absolute Gasteiger partial charge is 0.0469 e. The first kappa shape index (κ1) is 7.51. The zero-order valence-electron chi connectivity index (χ0n) is 5.39. The Hall–Kier alpha value is 0.400. The summed E-state index contributed by atoms with van der Waals surface area (Å²) in [6.07, 6.45) is 6.10. The summed E-state index contributed by atoms with van der Waals surface area (Å²) in [5, 5.41) is 8.93. The van der Waals surface area contributed by atoms with Crippen LogP contribution in [0.4, 0.5) is 0 Å². The van der Waals surface area contributed by atoms with Crippen LogP contribution in [0.25, 0.3) is 0 Å². The highest BCUT2D eigenvalue weighted by molar-refractivity contribution is 9.07. The van der Waals surface area contributed by atoms with E-state index in [-0.39, 0.29) is 0 Å². The molecule has 0 bridgehead atoms. The number of hydrogen-bond acceptors (Lipinski definition) is 2. The van der Waals surface area contributed by atoms with Gasteiger partial charge in [-0.15, -0.1) is 4.09 Å². The second kappa shape index (κ2) is 3.54. The average molecular weight is 194 g/mol. The Labute approximate surface area is 64.1 Å². The molecule has 1 saturated carbocycles. The van der Waals surface area contributed by atoms with Gasteiger partial charge in [0.2, 0.25) is 0 Å². The first-order valence-corrected chi connectivity index (χ1v) is 4.15. The molecule has 0 aromatic rings. The highest BCUT2D eigenvalue weighted by atomic mass is 79.9. The molecule has 9 heavy (non-hydrogen) atoms. The molecule has 0 aromatic carbocycles. The molecule has 0 aliphatic heterocycles. The standard InChI is InChI=1S/C6H12BrNO/c7-8(9)6-4-2-1-3-5-6/h6,9H,1-5H2. The van der Waals surface area contributed by atoms with Crippen molar-refractivity contribution >= 4 is 16.1 Å². The van der Waals surface area contributed by atoms with E-state index in [9.17, 15) is 0 Å². The maximum atomic E-state index is 8.93. The van der Waals surface area contributed by atoms with E-state index in [1.54, 1.807) is 0 Å². The van der Waals surface area contributed by atoms with Crippen LogP contribution in [-0.4, -0.2) is 15.3 Å². The first-order chi connectivity index (χ1) is 4.30. The lowest BCUT2D eigenvalue weighted by Crippen LogP contribution is -2.25. The summed E-state index contributed by atoms with van der Waals surface area (Å²) in [5.41, 5.74) is 0. The van der Waals surface area contributed by atoms with Gasteiger partial charge < -0.3 is 5.21 Å². The Morgan fingerprint density at radius 1 is 1.22 bits per heavy atom. The topological polar surface area (TPSA) is 23.5 Å². The van der Waals surface area contributed by atoms with Gasteiger partial charge in [0.1, 0.15) is 0 Å². The van der Waals surface area contributed by atoms with E-state index in [1.165, 1.54) is 23.4 Å². The van der Waals surface area contributed by atoms with Crippen molar-refractivity contribution in [3.63, 3.8) is 0 Å². The minimum Gasteiger partial charge on any atom is -0.303 e. The minimum absolute atomic E-state index is 0.360. The van der Waals surface area contributed by atoms with Gasteiger partial charge in [-0.1, -0.05) is 19.3 Å². The highest BCUT2D eigenvalue weighted by Crippen LogP contribution is 2.22. The summed E-state index contributed by atoms with van der Waals surface area (Å²) in [7, 11) is 0. The Morgan fingerprint density at radius 3 is 2.11 bits per heavy atom. The van der Waals surface area contributed by atoms with E-state index < -0.39 is 0 Å². The summed E-state index contributed by atoms with van der Waals surface area (Å²) < 4.78 is 1.17. The molecule has 0 heterocycles. The maximum Gasteiger partial charge on any atom is 0.0469 e. The molecule has 0 radical (unpaired) electrons. The minimum atomic E-state index is 0.360. The average Bonchev–Trinajstić information content (AvgIpc) is 1.90. The quantitative estimate of drug-likeness (QED) is 0.511. The molecule has 0 amide bonds. The normalized spacial score (nSPS) is 23.0. The van der Waals surface area contributed by atoms with Crippen LogP contribution in [0.5, 0.6) is 0 Å². The van der Waals surface area contributed by atoms with E-state index in [0.717, 1.165) is 12.8 Å². The van der Waals surface area contributed by atoms with Crippen molar-refractivity contribution in [1.82, 2.24) is 4.09 Å². The molecule has 3 heteroatoms. The highest BCUT2D eigenvalue weighted by Gasteiger charge is 2.16. The monoisotopic (exact) mass is 193 g/mol. The van der Waals surface area contributed by atoms with Crippen LogP contribution >= 0.6 is 16.1 Å². The molecule has 1 N–H and O–H groups in total. The fraction of sp³-hybridized carbons (Fsp3) is 1.00. The molecule has 2 nitrogen and oxygen atoms in total. The Kier molecular flexibility index (Phi) is 2.95. The van der Waals surface area contributed by atoms with Crippen molar-refractivity contribution in [2.24, 2.45) is 0 Å². The molecule has 0 unspecified atom stereocenters. The number of rotatable bonds is 1. The van der Waals surface area contributed by atoms with Crippen molar-refractivity contribution < 1.29 is 5.21 Å². The van der Waals surface area contributed by atoms with E-state index in [0.29, 0.717) is 6.04 Å². The van der Waals surface area contributed by atoms with Gasteiger partial charge in [0.15, 0.2) is 0 Å². The molecule has 1 rings (SSSR count). The van der Waals surface area contributed by atoms with E-state index in [4.69, 9.17) is 5.21 Å². The van der Waals surface area contributed by atoms with Gasteiger partial charge in [-0.25, -0.2) is 0 Å². The van der Waals surface area contributed by atoms with Crippen LogP contribution in [0.15, 0.2) is 0 Å². The maximum absolute atomic E-state index is 8.93. The largest absolute Gasteiger partial charge is 0.303 e. The summed E-state index contributed by atoms with van der Waals surface area (Å²) >= 11 is 3.02. The summed E-state index contributed by atoms with van der Waals surface area (Å²) in [5.74, 6) is 0. The van der Waals surface area contributed by atoms with Crippen molar-refractivity contribution in [2.45, 2.75) is 38.1 Å². The fourth-order valence-electron chi connectivity index (χ4n) is 1.29. The molecule has 0 spiro atoms. The SMILES string of the molecule is ON(Br)C1CCCCC1. The third-order valence-electron chi connectivity index (χ3n) is 1.88. The molecule has 0 aromatic heterocycles. The molecular weight excluding hydrogens is 182 g/mol. The molecule has 1 fully saturated rings. The summed E-state index contributed by atoms with van der Waals surface area (Å²) in [6.45, 7) is 0. The van der Waals surface area contributed by atoms with Crippen LogP contribution in [0.3, 0.4) is 0 Å². The predicted octanol–water partition coefficient (Wildman–Crippen LogP) is 2.32. The van der Waals surface area contributed by atoms with Crippen molar-refractivity contribution in [3.8, 4) is 0 Å². The second-order valence-electron chi connectivity index (χ2n) is 2.58. The van der Waals surface area contributed by atoms with E-state index in [1.807, 2.05) is 0 Å². The predicted molar refractivity (Wildman–Crippen MR) is 39.4 cm³/mol. The van der Waals surface area contributed by atoms with Crippen LogP contribution in [0, 0.1) is 0 Å². The Morgan fingerprint density at radius 2 is 1.78 bits per heavy atom. The van der Waals surface area contributed by atoms with Gasteiger partial charge >= 0.3 is 0 Å². The van der Waals surface area contributed by atoms with Gasteiger partial charge in [0, 0.05) is 22.2 Å². The van der Waals surface area contributed by atoms with Crippen LogP contribution in [0.1, 0.15) is 32.1 Å². The van der Waals surface area contributed by atoms with Crippen LogP contribution in [0.2, 0.25) is 0 Å². The summed E-state index contributed by atoms with van der Waals surface area (Å²) in [6, 6.07) is 0.360. The van der Waals surface area contributed by atoms with E-state index >= 15 is 0 Å². The van der Waals surface area contributed by atoms with Crippen molar-refractivity contribution in [1.29, 1.82) is 0 Å². The lowest BCUT2D eigenvalue weighted by Gasteiger charge is -2.23. The van der Waals surface area contributed by atoms with Crippen LogP contribution < -0.4 is 0 Å². The molecule has 0 atom stereocenters. The molecule has 1 aliphatic rings. The summed E-state index contributed by atoms with van der Waals surface area (Å²) in [4.78, 5) is 0. The molecule has 0 saturated heterocycles. The number of nitrogens with zero attached hydrogens (tertiary/aromatic N) is 1. The zero-order valence-corrected chi connectivity index (χ0v) is 6.97. The van der Waals surface area contributed by atoms with Crippen LogP contribution in [-0.2, 0) is 0 Å². The van der Waals surface area contributed by atoms with Crippen molar-refractivity contribution in [2.75, 3.05) is 0 Å². The molecule has 1 aliphatic carbocycles. The number of halogens is 1.